The molecule has 142 valence electrons. The van der Waals surface area contributed by atoms with E-state index in [4.69, 9.17) is 18.9 Å². The van der Waals surface area contributed by atoms with Gasteiger partial charge in [-0.05, 0) is 47.4 Å². The Morgan fingerprint density at radius 1 is 0.808 bits per heavy atom. The maximum Gasteiger partial charge on any atom is 0.161 e. The fourth-order valence-corrected chi connectivity index (χ4v) is 3.80. The lowest BCUT2D eigenvalue weighted by molar-refractivity contribution is 0.351. The highest BCUT2D eigenvalue weighted by Gasteiger charge is 2.26. The monoisotopic (exact) mass is 443 g/mol. The quantitative estimate of drug-likeness (QED) is 0.751. The number of rotatable bonds is 5. The Morgan fingerprint density at radius 2 is 1.31 bits per heavy atom. The zero-order valence-corrected chi connectivity index (χ0v) is 17.6. The van der Waals surface area contributed by atoms with E-state index in [0.717, 1.165) is 34.5 Å². The van der Waals surface area contributed by atoms with Crippen LogP contribution in [0.1, 0.15) is 22.7 Å². The van der Waals surface area contributed by atoms with E-state index >= 15 is 0 Å². The molecule has 3 rings (SSSR count). The maximum absolute atomic E-state index is 5.49. The Balaban J connectivity index is 0.00000243. The molecule has 0 aromatic heterocycles. The largest absolute Gasteiger partial charge is 0.493 e. The van der Waals surface area contributed by atoms with Crippen LogP contribution in [0.5, 0.6) is 23.0 Å². The lowest BCUT2D eigenvalue weighted by atomic mass is 9.89. The van der Waals surface area contributed by atoms with Crippen molar-refractivity contribution in [3.8, 4) is 23.0 Å². The van der Waals surface area contributed by atoms with E-state index in [2.05, 4.69) is 27.3 Å². The Hall–Kier alpha value is -1.63. The zero-order chi connectivity index (χ0) is 18.0. The van der Waals surface area contributed by atoms with E-state index in [1.807, 2.05) is 18.2 Å². The number of methoxy groups -OCH3 is 4. The second kappa shape index (κ2) is 8.84. The average Bonchev–Trinajstić information content (AvgIpc) is 2.66. The lowest BCUT2D eigenvalue weighted by Crippen LogP contribution is -2.31. The number of hydrogen-bond donors (Lipinski definition) is 1. The second-order valence-electron chi connectivity index (χ2n) is 5.77. The predicted octanol–water partition coefficient (Wildman–Crippen LogP) is 4.14. The maximum atomic E-state index is 5.49. The van der Waals surface area contributed by atoms with Gasteiger partial charge < -0.3 is 24.3 Å². The summed E-state index contributed by atoms with van der Waals surface area (Å²) in [6, 6.07) is 8.08. The Morgan fingerprint density at radius 3 is 1.88 bits per heavy atom. The number of fused-ring (bicyclic) bond motifs is 1. The summed E-state index contributed by atoms with van der Waals surface area (Å²) in [5, 5.41) is 3.59. The van der Waals surface area contributed by atoms with Crippen LogP contribution in [-0.2, 0) is 6.42 Å². The summed E-state index contributed by atoms with van der Waals surface area (Å²) >= 11 is 3.67. The molecule has 0 saturated heterocycles. The molecule has 0 fully saturated rings. The van der Waals surface area contributed by atoms with Crippen LogP contribution in [0.25, 0.3) is 0 Å². The fourth-order valence-electron chi connectivity index (χ4n) is 3.25. The molecule has 1 aliphatic rings. The van der Waals surface area contributed by atoms with Crippen LogP contribution in [0.3, 0.4) is 0 Å². The smallest absolute Gasteiger partial charge is 0.161 e. The minimum Gasteiger partial charge on any atom is -0.493 e. The third kappa shape index (κ3) is 3.72. The molecule has 1 atom stereocenters. The third-order valence-corrected chi connectivity index (χ3v) is 5.20. The van der Waals surface area contributed by atoms with Gasteiger partial charge in [-0.3, -0.25) is 0 Å². The SMILES string of the molecule is COc1cc(Br)c(C2NCCc3cc(OC)c(OC)cc32)cc1OC.Cl. The van der Waals surface area contributed by atoms with E-state index < -0.39 is 0 Å². The fraction of sp³-hybridized carbons (Fsp3) is 0.368. The molecule has 0 spiro atoms. The first kappa shape index (κ1) is 20.7. The van der Waals surface area contributed by atoms with Gasteiger partial charge in [-0.15, -0.1) is 12.4 Å². The molecule has 1 unspecified atom stereocenters. The number of halogens is 2. The predicted molar refractivity (Wildman–Crippen MR) is 108 cm³/mol. The van der Waals surface area contributed by atoms with Crippen LogP contribution in [0.2, 0.25) is 0 Å². The molecule has 26 heavy (non-hydrogen) atoms. The van der Waals surface area contributed by atoms with Crippen LogP contribution < -0.4 is 24.3 Å². The number of ether oxygens (including phenoxy) is 4. The van der Waals surface area contributed by atoms with Crippen molar-refractivity contribution < 1.29 is 18.9 Å². The van der Waals surface area contributed by atoms with Gasteiger partial charge in [0.15, 0.2) is 23.0 Å². The van der Waals surface area contributed by atoms with E-state index in [9.17, 15) is 0 Å². The van der Waals surface area contributed by atoms with Crippen LogP contribution >= 0.6 is 28.3 Å². The zero-order valence-electron chi connectivity index (χ0n) is 15.2. The number of nitrogens with one attached hydrogen (secondary N) is 1. The van der Waals surface area contributed by atoms with E-state index in [-0.39, 0.29) is 18.4 Å². The summed E-state index contributed by atoms with van der Waals surface area (Å²) in [7, 11) is 6.59. The molecule has 2 aromatic rings. The second-order valence-corrected chi connectivity index (χ2v) is 6.63. The highest BCUT2D eigenvalue weighted by atomic mass is 79.9. The lowest BCUT2D eigenvalue weighted by Gasteiger charge is -2.29. The molecule has 0 radical (unpaired) electrons. The Kier molecular flexibility index (Phi) is 7.03. The van der Waals surface area contributed by atoms with Crippen molar-refractivity contribution >= 4 is 28.3 Å². The van der Waals surface area contributed by atoms with Crippen molar-refractivity contribution in [2.24, 2.45) is 0 Å². The first-order valence-electron chi connectivity index (χ1n) is 8.02. The molecule has 0 amide bonds. The van der Waals surface area contributed by atoms with Crippen molar-refractivity contribution in [1.29, 1.82) is 0 Å². The van der Waals surface area contributed by atoms with E-state index in [0.29, 0.717) is 11.5 Å². The Labute approximate surface area is 168 Å². The van der Waals surface area contributed by atoms with Crippen LogP contribution in [0.15, 0.2) is 28.7 Å². The minimum atomic E-state index is 0. The van der Waals surface area contributed by atoms with Crippen LogP contribution in [-0.4, -0.2) is 35.0 Å². The number of benzene rings is 2. The average molecular weight is 445 g/mol. The summed E-state index contributed by atoms with van der Waals surface area (Å²) in [6.07, 6.45) is 0.942. The van der Waals surface area contributed by atoms with Gasteiger partial charge in [0.05, 0.1) is 34.5 Å². The van der Waals surface area contributed by atoms with Crippen molar-refractivity contribution in [2.45, 2.75) is 12.5 Å². The molecule has 2 aromatic carbocycles. The standard InChI is InChI=1S/C19H22BrNO4.ClH/c1-22-15-7-11-5-6-21-19(12(11)8-16(15)23-2)13-9-17(24-3)18(25-4)10-14(13)20;/h7-10,19,21H,5-6H2,1-4H3;1H. The van der Waals surface area contributed by atoms with Gasteiger partial charge in [-0.1, -0.05) is 15.9 Å². The van der Waals surface area contributed by atoms with Crippen molar-refractivity contribution in [2.75, 3.05) is 35.0 Å². The summed E-state index contributed by atoms with van der Waals surface area (Å²) in [4.78, 5) is 0. The van der Waals surface area contributed by atoms with Gasteiger partial charge in [0.25, 0.3) is 0 Å². The first-order chi connectivity index (χ1) is 12.1. The molecule has 0 aliphatic carbocycles. The molecule has 1 aliphatic heterocycles. The first-order valence-corrected chi connectivity index (χ1v) is 8.81. The van der Waals surface area contributed by atoms with Gasteiger partial charge in [-0.2, -0.15) is 0 Å². The molecule has 5 nitrogen and oxygen atoms in total. The van der Waals surface area contributed by atoms with Gasteiger partial charge in [0.1, 0.15) is 0 Å². The highest BCUT2D eigenvalue weighted by molar-refractivity contribution is 9.10. The molecule has 0 saturated carbocycles. The third-order valence-electron chi connectivity index (χ3n) is 4.51. The molecular formula is C19H23BrClNO4. The van der Waals surface area contributed by atoms with E-state index in [1.54, 1.807) is 28.4 Å². The van der Waals surface area contributed by atoms with Gasteiger partial charge in [-0.25, -0.2) is 0 Å². The number of hydrogen-bond acceptors (Lipinski definition) is 5. The Bertz CT molecular complexity index is 785. The minimum absolute atomic E-state index is 0. The molecule has 1 heterocycles. The van der Waals surface area contributed by atoms with E-state index in [1.165, 1.54) is 11.1 Å². The van der Waals surface area contributed by atoms with Gasteiger partial charge in [0, 0.05) is 11.0 Å². The molecule has 0 bridgehead atoms. The summed E-state index contributed by atoms with van der Waals surface area (Å²) in [5.41, 5.74) is 3.52. The molecular weight excluding hydrogens is 422 g/mol. The van der Waals surface area contributed by atoms with Crippen molar-refractivity contribution in [3.05, 3.63) is 45.4 Å². The normalized spacial score (nSPS) is 15.5. The summed E-state index contributed by atoms with van der Waals surface area (Å²) in [5.74, 6) is 2.89. The van der Waals surface area contributed by atoms with Crippen LogP contribution in [0.4, 0.5) is 0 Å². The van der Waals surface area contributed by atoms with Gasteiger partial charge >= 0.3 is 0 Å². The topological polar surface area (TPSA) is 49.0 Å². The summed E-state index contributed by atoms with van der Waals surface area (Å²) < 4.78 is 22.8. The van der Waals surface area contributed by atoms with Crippen LogP contribution in [0, 0.1) is 0 Å². The van der Waals surface area contributed by atoms with Gasteiger partial charge in [0.2, 0.25) is 0 Å². The van der Waals surface area contributed by atoms with Crippen molar-refractivity contribution in [3.63, 3.8) is 0 Å². The molecule has 1 N–H and O–H groups in total. The molecule has 7 heteroatoms. The summed E-state index contributed by atoms with van der Waals surface area (Å²) in [6.45, 7) is 0.883. The highest BCUT2D eigenvalue weighted by Crippen LogP contribution is 2.42. The van der Waals surface area contributed by atoms with Crippen molar-refractivity contribution in [1.82, 2.24) is 5.32 Å².